The summed E-state index contributed by atoms with van der Waals surface area (Å²) in [5.41, 5.74) is 4.08. The number of hydrazone groups is 1. The molecular weight excluding hydrogens is 296 g/mol. The molecule has 0 spiro atoms. The normalized spacial score (nSPS) is 16.9. The standard InChI is InChI=1S/C21H18N2O/c24-21-14-8-7-13-18(21)20-15-19(16-9-3-1-4-10-16)22-23(20)17-11-5-2-6-12-17/h1-14,20,24H,15H2. The minimum absolute atomic E-state index is 0.0104. The number of phenolic OH excluding ortho intramolecular Hbond substituents is 1. The molecule has 0 bridgehead atoms. The number of rotatable bonds is 3. The van der Waals surface area contributed by atoms with Crippen molar-refractivity contribution in [3.63, 3.8) is 0 Å². The van der Waals surface area contributed by atoms with Gasteiger partial charge in [-0.1, -0.05) is 66.7 Å². The fraction of sp³-hybridized carbons (Fsp3) is 0.0952. The Bertz CT molecular complexity index is 859. The molecule has 1 heterocycles. The second kappa shape index (κ2) is 6.20. The Kier molecular flexibility index (Phi) is 3.75. The number of phenols is 1. The molecule has 0 fully saturated rings. The van der Waals surface area contributed by atoms with Gasteiger partial charge in [-0.3, -0.25) is 5.01 Å². The molecule has 3 aromatic carbocycles. The Morgan fingerprint density at radius 1 is 0.792 bits per heavy atom. The maximum Gasteiger partial charge on any atom is 0.120 e. The zero-order valence-electron chi connectivity index (χ0n) is 13.2. The van der Waals surface area contributed by atoms with Gasteiger partial charge < -0.3 is 5.11 Å². The summed E-state index contributed by atoms with van der Waals surface area (Å²) in [7, 11) is 0. The second-order valence-corrected chi connectivity index (χ2v) is 5.87. The molecule has 1 aliphatic rings. The highest BCUT2D eigenvalue weighted by Gasteiger charge is 2.31. The number of hydrogen-bond donors (Lipinski definition) is 1. The van der Waals surface area contributed by atoms with Gasteiger partial charge in [0.2, 0.25) is 0 Å². The average Bonchev–Trinajstić information content (AvgIpc) is 3.09. The molecule has 1 atom stereocenters. The third-order valence-electron chi connectivity index (χ3n) is 4.33. The Morgan fingerprint density at radius 3 is 2.12 bits per heavy atom. The maximum absolute atomic E-state index is 10.3. The van der Waals surface area contributed by atoms with Gasteiger partial charge in [0, 0.05) is 12.0 Å². The van der Waals surface area contributed by atoms with E-state index in [2.05, 4.69) is 12.1 Å². The highest BCUT2D eigenvalue weighted by Crippen LogP contribution is 2.39. The van der Waals surface area contributed by atoms with E-state index >= 15 is 0 Å². The summed E-state index contributed by atoms with van der Waals surface area (Å²) in [5.74, 6) is 0.313. The molecule has 4 rings (SSSR count). The van der Waals surface area contributed by atoms with Crippen LogP contribution in [0.1, 0.15) is 23.6 Å². The molecule has 1 unspecified atom stereocenters. The zero-order chi connectivity index (χ0) is 16.4. The van der Waals surface area contributed by atoms with Crippen LogP contribution >= 0.6 is 0 Å². The Balaban J connectivity index is 1.78. The molecule has 1 N–H and O–H groups in total. The van der Waals surface area contributed by atoms with Crippen molar-refractivity contribution in [2.75, 3.05) is 5.01 Å². The van der Waals surface area contributed by atoms with Crippen molar-refractivity contribution in [1.29, 1.82) is 0 Å². The first-order valence-corrected chi connectivity index (χ1v) is 8.08. The summed E-state index contributed by atoms with van der Waals surface area (Å²) in [6, 6.07) is 27.8. The molecule has 118 valence electrons. The van der Waals surface area contributed by atoms with Gasteiger partial charge in [0.25, 0.3) is 0 Å². The summed E-state index contributed by atoms with van der Waals surface area (Å²) in [5, 5.41) is 17.2. The molecule has 0 radical (unpaired) electrons. The summed E-state index contributed by atoms with van der Waals surface area (Å²) in [4.78, 5) is 0. The summed E-state index contributed by atoms with van der Waals surface area (Å²) in [6.07, 6.45) is 0.760. The van der Waals surface area contributed by atoms with Crippen molar-refractivity contribution < 1.29 is 5.11 Å². The van der Waals surface area contributed by atoms with Crippen LogP contribution in [0.5, 0.6) is 5.75 Å². The lowest BCUT2D eigenvalue weighted by atomic mass is 9.97. The largest absolute Gasteiger partial charge is 0.508 e. The lowest BCUT2D eigenvalue weighted by Crippen LogP contribution is -2.18. The van der Waals surface area contributed by atoms with E-state index < -0.39 is 0 Å². The Morgan fingerprint density at radius 2 is 1.42 bits per heavy atom. The van der Waals surface area contributed by atoms with Crippen LogP contribution in [-0.4, -0.2) is 10.8 Å². The quantitative estimate of drug-likeness (QED) is 0.757. The van der Waals surface area contributed by atoms with Gasteiger partial charge in [-0.2, -0.15) is 5.10 Å². The van der Waals surface area contributed by atoms with Crippen LogP contribution < -0.4 is 5.01 Å². The van der Waals surface area contributed by atoms with Crippen LogP contribution in [-0.2, 0) is 0 Å². The van der Waals surface area contributed by atoms with E-state index in [-0.39, 0.29) is 6.04 Å². The third kappa shape index (κ3) is 2.65. The van der Waals surface area contributed by atoms with Gasteiger partial charge in [0.15, 0.2) is 0 Å². The number of aromatic hydroxyl groups is 1. The van der Waals surface area contributed by atoms with Crippen molar-refractivity contribution in [2.24, 2.45) is 5.10 Å². The first-order valence-electron chi connectivity index (χ1n) is 8.08. The van der Waals surface area contributed by atoms with Gasteiger partial charge in [0.05, 0.1) is 17.4 Å². The number of anilines is 1. The van der Waals surface area contributed by atoms with E-state index in [9.17, 15) is 5.11 Å². The molecule has 0 saturated carbocycles. The van der Waals surface area contributed by atoms with Crippen LogP contribution in [0.25, 0.3) is 0 Å². The number of para-hydroxylation sites is 2. The highest BCUT2D eigenvalue weighted by molar-refractivity contribution is 6.03. The lowest BCUT2D eigenvalue weighted by Gasteiger charge is -2.24. The highest BCUT2D eigenvalue weighted by atomic mass is 16.3. The summed E-state index contributed by atoms with van der Waals surface area (Å²) >= 11 is 0. The van der Waals surface area contributed by atoms with Crippen molar-refractivity contribution in [1.82, 2.24) is 0 Å². The molecule has 24 heavy (non-hydrogen) atoms. The SMILES string of the molecule is Oc1ccccc1C1CC(c2ccccc2)=NN1c1ccccc1. The molecule has 0 amide bonds. The van der Waals surface area contributed by atoms with E-state index in [0.717, 1.165) is 28.9 Å². The molecule has 0 aromatic heterocycles. The maximum atomic E-state index is 10.3. The molecule has 3 heteroatoms. The molecule has 1 aliphatic heterocycles. The molecule has 3 nitrogen and oxygen atoms in total. The number of nitrogens with zero attached hydrogens (tertiary/aromatic N) is 2. The van der Waals surface area contributed by atoms with Crippen molar-refractivity contribution in [3.05, 3.63) is 96.1 Å². The topological polar surface area (TPSA) is 35.8 Å². The van der Waals surface area contributed by atoms with Gasteiger partial charge >= 0.3 is 0 Å². The smallest absolute Gasteiger partial charge is 0.120 e. The predicted molar refractivity (Wildman–Crippen MR) is 97.4 cm³/mol. The van der Waals surface area contributed by atoms with Crippen LogP contribution in [0, 0.1) is 0 Å². The molecular formula is C21H18N2O. The van der Waals surface area contributed by atoms with Crippen LogP contribution in [0.15, 0.2) is 90.0 Å². The monoisotopic (exact) mass is 314 g/mol. The second-order valence-electron chi connectivity index (χ2n) is 5.87. The zero-order valence-corrected chi connectivity index (χ0v) is 13.2. The van der Waals surface area contributed by atoms with E-state index in [1.54, 1.807) is 6.07 Å². The van der Waals surface area contributed by atoms with E-state index in [4.69, 9.17) is 5.10 Å². The third-order valence-corrected chi connectivity index (χ3v) is 4.33. The minimum Gasteiger partial charge on any atom is -0.508 e. The molecule has 0 aliphatic carbocycles. The van der Waals surface area contributed by atoms with Crippen LogP contribution in [0.3, 0.4) is 0 Å². The van der Waals surface area contributed by atoms with Crippen molar-refractivity contribution in [2.45, 2.75) is 12.5 Å². The van der Waals surface area contributed by atoms with E-state index in [0.29, 0.717) is 5.75 Å². The number of benzene rings is 3. The average molecular weight is 314 g/mol. The summed E-state index contributed by atoms with van der Waals surface area (Å²) < 4.78 is 0. The van der Waals surface area contributed by atoms with Crippen molar-refractivity contribution in [3.8, 4) is 5.75 Å². The van der Waals surface area contributed by atoms with E-state index in [1.807, 2.05) is 71.7 Å². The van der Waals surface area contributed by atoms with E-state index in [1.165, 1.54) is 0 Å². The lowest BCUT2D eigenvalue weighted by molar-refractivity contribution is 0.461. The van der Waals surface area contributed by atoms with Crippen molar-refractivity contribution >= 4 is 11.4 Å². The minimum atomic E-state index is -0.0104. The fourth-order valence-corrected chi connectivity index (χ4v) is 3.15. The molecule has 3 aromatic rings. The Hall–Kier alpha value is -3.07. The summed E-state index contributed by atoms with van der Waals surface area (Å²) in [6.45, 7) is 0. The number of hydrogen-bond acceptors (Lipinski definition) is 3. The van der Waals surface area contributed by atoms with Gasteiger partial charge in [-0.15, -0.1) is 0 Å². The van der Waals surface area contributed by atoms with Gasteiger partial charge in [0.1, 0.15) is 5.75 Å². The van der Waals surface area contributed by atoms with Crippen LogP contribution in [0.2, 0.25) is 0 Å². The first-order chi connectivity index (χ1) is 11.8. The van der Waals surface area contributed by atoms with Gasteiger partial charge in [-0.05, 0) is 23.8 Å². The van der Waals surface area contributed by atoms with Crippen LogP contribution in [0.4, 0.5) is 5.69 Å². The van der Waals surface area contributed by atoms with Gasteiger partial charge in [-0.25, -0.2) is 0 Å². The first kappa shape index (κ1) is 14.5. The molecule has 0 saturated heterocycles. The Labute approximate surface area is 141 Å². The predicted octanol–water partition coefficient (Wildman–Crippen LogP) is 4.75. The fourth-order valence-electron chi connectivity index (χ4n) is 3.15.